The van der Waals surface area contributed by atoms with Crippen molar-refractivity contribution in [2.75, 3.05) is 0 Å². The molecule has 0 saturated carbocycles. The van der Waals surface area contributed by atoms with Gasteiger partial charge in [0, 0.05) is 16.1 Å². The molecule has 2 aliphatic rings. The monoisotopic (exact) mass is 582 g/mol. The second kappa shape index (κ2) is 10.9. The first-order chi connectivity index (χ1) is 20.6. The molecule has 42 heavy (non-hydrogen) atoms. The molecule has 1 N–H and O–H groups in total. The molecule has 0 saturated heterocycles. The maximum Gasteiger partial charge on any atom is 0.196 e. The van der Waals surface area contributed by atoms with E-state index >= 15 is 0 Å². The van der Waals surface area contributed by atoms with Gasteiger partial charge in [0.1, 0.15) is 11.3 Å². The molecule has 6 heteroatoms. The van der Waals surface area contributed by atoms with Gasteiger partial charge in [-0.25, -0.2) is 15.0 Å². The van der Waals surface area contributed by atoms with Crippen molar-refractivity contribution in [1.29, 1.82) is 0 Å². The minimum atomic E-state index is -0.773. The van der Waals surface area contributed by atoms with Gasteiger partial charge in [0.2, 0.25) is 0 Å². The largest absolute Gasteiger partial charge is 0.348 e. The van der Waals surface area contributed by atoms with Crippen molar-refractivity contribution in [3.05, 3.63) is 189 Å². The quantitative estimate of drug-likeness (QED) is 0.222. The van der Waals surface area contributed by atoms with E-state index in [0.717, 1.165) is 39.2 Å². The van der Waals surface area contributed by atoms with Crippen LogP contribution >= 0.6 is 23.2 Å². The Balaban J connectivity index is 1.49. The van der Waals surface area contributed by atoms with E-state index in [1.165, 1.54) is 0 Å². The van der Waals surface area contributed by atoms with Crippen LogP contribution < -0.4 is 5.32 Å². The Kier molecular flexibility index (Phi) is 6.79. The second-order valence-electron chi connectivity index (χ2n) is 10.0. The van der Waals surface area contributed by atoms with Crippen LogP contribution in [0.25, 0.3) is 0 Å². The molecule has 202 valence electrons. The fourth-order valence-corrected chi connectivity index (χ4v) is 6.02. The Morgan fingerprint density at radius 1 is 0.524 bits per heavy atom. The summed E-state index contributed by atoms with van der Waals surface area (Å²) in [5.41, 5.74) is 6.29. The van der Waals surface area contributed by atoms with Gasteiger partial charge >= 0.3 is 0 Å². The Hall–Kier alpha value is -4.77. The number of nitrogens with zero attached hydrogens (tertiary/aromatic N) is 3. The van der Waals surface area contributed by atoms with Gasteiger partial charge in [0.05, 0.1) is 16.4 Å². The highest BCUT2D eigenvalue weighted by atomic mass is 35.5. The summed E-state index contributed by atoms with van der Waals surface area (Å²) in [6.07, 6.45) is 0. The highest BCUT2D eigenvalue weighted by molar-refractivity contribution is 6.57. The van der Waals surface area contributed by atoms with Crippen LogP contribution in [0.1, 0.15) is 27.8 Å². The van der Waals surface area contributed by atoms with E-state index in [1.54, 1.807) is 6.07 Å². The van der Waals surface area contributed by atoms with E-state index < -0.39 is 5.54 Å². The molecule has 0 atom stereocenters. The van der Waals surface area contributed by atoms with Crippen molar-refractivity contribution in [3.8, 4) is 0 Å². The average Bonchev–Trinajstić information content (AvgIpc) is 3.67. The zero-order chi connectivity index (χ0) is 28.5. The number of rotatable bonds is 5. The van der Waals surface area contributed by atoms with Crippen LogP contribution in [0.4, 0.5) is 0 Å². The fraction of sp³-hybridized carbons (Fsp3) is 0.0278. The summed E-state index contributed by atoms with van der Waals surface area (Å²) < 4.78 is 0. The van der Waals surface area contributed by atoms with Crippen molar-refractivity contribution in [2.45, 2.75) is 5.54 Å². The molecule has 5 aromatic rings. The van der Waals surface area contributed by atoms with Gasteiger partial charge in [-0.05, 0) is 34.9 Å². The second-order valence-corrected chi connectivity index (χ2v) is 10.9. The molecule has 5 aromatic carbocycles. The van der Waals surface area contributed by atoms with Crippen LogP contribution in [0.2, 0.25) is 10.0 Å². The van der Waals surface area contributed by atoms with Crippen molar-refractivity contribution in [3.63, 3.8) is 0 Å². The average molecular weight is 584 g/mol. The highest BCUT2D eigenvalue weighted by Gasteiger charge is 2.46. The number of nitrogens with one attached hydrogen (secondary N) is 1. The SMILES string of the molecule is Clc1ccc(C2=NC(=C3N=C(c4ccccc4)C(c4ccccc4)(c4ccccc4)N3)N=C2c2ccccc2)c(Cl)c1. The first-order valence-corrected chi connectivity index (χ1v) is 14.4. The van der Waals surface area contributed by atoms with Crippen molar-refractivity contribution >= 4 is 40.3 Å². The molecule has 7 rings (SSSR count). The zero-order valence-corrected chi connectivity index (χ0v) is 23.9. The smallest absolute Gasteiger partial charge is 0.196 e. The third-order valence-corrected chi connectivity index (χ3v) is 8.00. The lowest BCUT2D eigenvalue weighted by atomic mass is 9.77. The van der Waals surface area contributed by atoms with E-state index in [-0.39, 0.29) is 0 Å². The number of hydrogen-bond donors (Lipinski definition) is 1. The van der Waals surface area contributed by atoms with Gasteiger partial charge in [-0.15, -0.1) is 0 Å². The van der Waals surface area contributed by atoms with Gasteiger partial charge in [-0.2, -0.15) is 0 Å². The molecule has 0 radical (unpaired) electrons. The molecular formula is C36H24Cl2N4. The number of benzene rings is 5. The van der Waals surface area contributed by atoms with Crippen LogP contribution in [0.15, 0.2) is 166 Å². The van der Waals surface area contributed by atoms with Gasteiger partial charge in [-0.3, -0.25) is 0 Å². The normalized spacial score (nSPS) is 17.3. The minimum Gasteiger partial charge on any atom is -0.348 e. The maximum atomic E-state index is 6.70. The van der Waals surface area contributed by atoms with Crippen molar-refractivity contribution in [2.24, 2.45) is 15.0 Å². The summed E-state index contributed by atoms with van der Waals surface area (Å²) in [4.78, 5) is 15.4. The molecule has 0 fully saturated rings. The van der Waals surface area contributed by atoms with Gasteiger partial charge in [0.15, 0.2) is 11.6 Å². The fourth-order valence-electron chi connectivity index (χ4n) is 5.52. The van der Waals surface area contributed by atoms with E-state index in [0.29, 0.717) is 27.4 Å². The van der Waals surface area contributed by atoms with Crippen LogP contribution in [0.3, 0.4) is 0 Å². The molecule has 2 heterocycles. The molecule has 0 amide bonds. The lowest BCUT2D eigenvalue weighted by molar-refractivity contribution is 0.611. The Bertz CT molecular complexity index is 1860. The third kappa shape index (κ3) is 4.55. The summed E-state index contributed by atoms with van der Waals surface area (Å²) in [5.74, 6) is 1.06. The minimum absolute atomic E-state index is 0.483. The zero-order valence-electron chi connectivity index (χ0n) is 22.4. The molecule has 0 aromatic heterocycles. The van der Waals surface area contributed by atoms with E-state index in [4.69, 9.17) is 38.2 Å². The van der Waals surface area contributed by atoms with Crippen LogP contribution in [0.5, 0.6) is 0 Å². The molecule has 4 nitrogen and oxygen atoms in total. The summed E-state index contributed by atoms with van der Waals surface area (Å²) in [6, 6.07) is 46.4. The lowest BCUT2D eigenvalue weighted by Gasteiger charge is -2.33. The maximum absolute atomic E-state index is 6.70. The van der Waals surface area contributed by atoms with Crippen LogP contribution in [0, 0.1) is 0 Å². The van der Waals surface area contributed by atoms with Crippen LogP contribution in [-0.2, 0) is 5.54 Å². The first kappa shape index (κ1) is 26.1. The summed E-state index contributed by atoms with van der Waals surface area (Å²) in [7, 11) is 0. The third-order valence-electron chi connectivity index (χ3n) is 7.45. The number of hydrogen-bond acceptors (Lipinski definition) is 4. The predicted octanol–water partition coefficient (Wildman–Crippen LogP) is 8.45. The van der Waals surface area contributed by atoms with Crippen LogP contribution in [-0.4, -0.2) is 17.1 Å². The Labute approximate surface area is 254 Å². The summed E-state index contributed by atoms with van der Waals surface area (Å²) >= 11 is 12.9. The van der Waals surface area contributed by atoms with Gasteiger partial charge in [-0.1, -0.05) is 145 Å². The highest BCUT2D eigenvalue weighted by Crippen LogP contribution is 2.41. The Morgan fingerprint density at radius 3 is 1.62 bits per heavy atom. The Morgan fingerprint density at radius 2 is 1.05 bits per heavy atom. The molecule has 0 unspecified atom stereocenters. The molecule has 0 bridgehead atoms. The molecule has 2 aliphatic heterocycles. The van der Waals surface area contributed by atoms with Crippen molar-refractivity contribution < 1.29 is 0 Å². The molecule has 0 aliphatic carbocycles. The molecule has 0 spiro atoms. The van der Waals surface area contributed by atoms with Gasteiger partial charge in [0.25, 0.3) is 0 Å². The lowest BCUT2D eigenvalue weighted by Crippen LogP contribution is -2.45. The van der Waals surface area contributed by atoms with E-state index in [9.17, 15) is 0 Å². The van der Waals surface area contributed by atoms with E-state index in [1.807, 2.05) is 72.8 Å². The van der Waals surface area contributed by atoms with Crippen molar-refractivity contribution in [1.82, 2.24) is 5.32 Å². The summed E-state index contributed by atoms with van der Waals surface area (Å²) in [5, 5.41) is 4.87. The summed E-state index contributed by atoms with van der Waals surface area (Å²) in [6.45, 7) is 0. The van der Waals surface area contributed by atoms with Gasteiger partial charge < -0.3 is 5.32 Å². The predicted molar refractivity (Wildman–Crippen MR) is 173 cm³/mol. The standard InChI is InChI=1S/C36H24Cl2N4/c37-28-21-22-29(30(38)23-28)32-31(24-13-5-1-6-14-24)39-34(40-32)35-41-33(25-15-7-2-8-16-25)36(42-35,26-17-9-3-10-18-26)27-19-11-4-12-20-27/h1-23,42H. The molecular weight excluding hydrogens is 559 g/mol. The number of halogens is 2. The number of aliphatic imine (C=N–C) groups is 3. The van der Waals surface area contributed by atoms with E-state index in [2.05, 4.69) is 66.0 Å². The topological polar surface area (TPSA) is 49.1 Å². The first-order valence-electron chi connectivity index (χ1n) is 13.6.